The van der Waals surface area contributed by atoms with Gasteiger partial charge in [-0.1, -0.05) is 0 Å². The van der Waals surface area contributed by atoms with Crippen LogP contribution in [0.15, 0.2) is 9.97 Å². The second-order valence-electron chi connectivity index (χ2n) is 3.83. The van der Waals surface area contributed by atoms with Crippen LogP contribution in [0.5, 0.6) is 0 Å². The van der Waals surface area contributed by atoms with Crippen LogP contribution in [0.2, 0.25) is 0 Å². The van der Waals surface area contributed by atoms with E-state index in [-0.39, 0.29) is 22.4 Å². The summed E-state index contributed by atoms with van der Waals surface area (Å²) in [6, 6.07) is 0. The zero-order valence-electron chi connectivity index (χ0n) is 9.01. The van der Waals surface area contributed by atoms with Crippen LogP contribution in [0.3, 0.4) is 0 Å². The van der Waals surface area contributed by atoms with Gasteiger partial charge in [0.1, 0.15) is 5.82 Å². The number of hydrogen-bond acceptors (Lipinski definition) is 6. The third-order valence-electron chi connectivity index (χ3n) is 2.72. The molecule has 1 aromatic heterocycles. The monoisotopic (exact) mass is 258 g/mol. The highest BCUT2D eigenvalue weighted by atomic mass is 32.1. The van der Waals surface area contributed by atoms with Gasteiger partial charge in [0.15, 0.2) is 4.77 Å². The minimum atomic E-state index is -0.661. The van der Waals surface area contributed by atoms with Gasteiger partial charge in [0.2, 0.25) is 5.69 Å². The molecule has 1 unspecified atom stereocenters. The van der Waals surface area contributed by atoms with Crippen LogP contribution >= 0.6 is 12.2 Å². The molecule has 1 aliphatic rings. The van der Waals surface area contributed by atoms with E-state index in [0.717, 1.165) is 12.8 Å². The summed E-state index contributed by atoms with van der Waals surface area (Å²) >= 11 is 5.00. The van der Waals surface area contributed by atoms with Crippen LogP contribution in [-0.2, 0) is 11.3 Å². The van der Waals surface area contributed by atoms with Gasteiger partial charge in [-0.3, -0.25) is 9.78 Å². The van der Waals surface area contributed by atoms with Crippen molar-refractivity contribution in [3.05, 3.63) is 20.0 Å². The summed E-state index contributed by atoms with van der Waals surface area (Å²) in [5.74, 6) is -0.00995. The molecule has 7 nitrogen and oxygen atoms in total. The summed E-state index contributed by atoms with van der Waals surface area (Å²) in [6.45, 7) is 1.13. The lowest BCUT2D eigenvalue weighted by atomic mass is 10.2. The van der Waals surface area contributed by atoms with Crippen molar-refractivity contribution in [3.63, 3.8) is 0 Å². The van der Waals surface area contributed by atoms with E-state index in [0.29, 0.717) is 13.2 Å². The highest BCUT2D eigenvalue weighted by Crippen LogP contribution is 2.20. The largest absolute Gasteiger partial charge is 0.383 e. The first-order chi connectivity index (χ1) is 8.13. The van der Waals surface area contributed by atoms with E-state index in [9.17, 15) is 9.70 Å². The van der Waals surface area contributed by atoms with Crippen molar-refractivity contribution < 1.29 is 4.74 Å². The number of nitrogens with two attached hydrogens (primary N) is 1. The van der Waals surface area contributed by atoms with Crippen LogP contribution in [0.4, 0.5) is 11.5 Å². The molecule has 17 heavy (non-hydrogen) atoms. The molecular formula is C9H12N4O3S. The van der Waals surface area contributed by atoms with E-state index < -0.39 is 5.56 Å². The van der Waals surface area contributed by atoms with Crippen molar-refractivity contribution >= 4 is 23.7 Å². The molecule has 0 bridgehead atoms. The molecule has 92 valence electrons. The fourth-order valence-electron chi connectivity index (χ4n) is 1.84. The number of anilines is 1. The highest BCUT2D eigenvalue weighted by molar-refractivity contribution is 7.71. The van der Waals surface area contributed by atoms with Gasteiger partial charge >= 0.3 is 0 Å². The lowest BCUT2D eigenvalue weighted by molar-refractivity contribution is 0.0968. The standard InChI is InChI=1S/C9H12N4O3S/c10-7-6(12-15)8(14)11-9(17)13(7)4-5-2-1-3-16-5/h5H,1-4,10H2,(H,11,14,17)/i9+2. The average molecular weight is 258 g/mol. The number of ether oxygens (including phenoxy) is 1. The lowest BCUT2D eigenvalue weighted by Crippen LogP contribution is -2.22. The minimum Gasteiger partial charge on any atom is -0.383 e. The Balaban J connectivity index is 2.42. The Labute approximate surface area is 102 Å². The van der Waals surface area contributed by atoms with Crippen molar-refractivity contribution in [1.29, 1.82) is 0 Å². The Morgan fingerprint density at radius 1 is 1.71 bits per heavy atom. The lowest BCUT2D eigenvalue weighted by Gasteiger charge is -2.15. The fraction of sp³-hybridized carbons (Fsp3) is 0.556. The average Bonchev–Trinajstić information content (AvgIpc) is 2.77. The van der Waals surface area contributed by atoms with E-state index in [1.165, 1.54) is 4.57 Å². The molecule has 0 aliphatic carbocycles. The third kappa shape index (κ3) is 2.27. The topological polar surface area (TPSA) is 102 Å². The first-order valence-corrected chi connectivity index (χ1v) is 5.62. The number of aromatic amines is 1. The number of nitrogens with one attached hydrogen (secondary N) is 1. The Bertz CT molecular complexity index is 544. The molecule has 0 radical (unpaired) electrons. The number of aromatic nitrogens is 2. The van der Waals surface area contributed by atoms with Crippen molar-refractivity contribution in [1.82, 2.24) is 9.55 Å². The second kappa shape index (κ2) is 4.76. The summed E-state index contributed by atoms with van der Waals surface area (Å²) in [7, 11) is 0. The molecule has 0 aromatic carbocycles. The molecule has 8 heteroatoms. The predicted octanol–water partition coefficient (Wildman–Crippen LogP) is 1.06. The molecule has 3 N–H and O–H groups in total. The van der Waals surface area contributed by atoms with Crippen LogP contribution in [0, 0.1) is 9.68 Å². The molecule has 2 rings (SSSR count). The molecular weight excluding hydrogens is 246 g/mol. The van der Waals surface area contributed by atoms with Crippen LogP contribution < -0.4 is 11.3 Å². The number of nitrogens with zero attached hydrogens (tertiary/aromatic N) is 2. The van der Waals surface area contributed by atoms with E-state index in [1.807, 2.05) is 0 Å². The number of nitroso groups, excluding NO2 is 1. The van der Waals surface area contributed by atoms with E-state index in [4.69, 9.17) is 22.7 Å². The molecule has 0 saturated carbocycles. The van der Waals surface area contributed by atoms with Gasteiger partial charge in [0, 0.05) is 6.61 Å². The van der Waals surface area contributed by atoms with E-state index in [2.05, 4.69) is 10.2 Å². The second-order valence-corrected chi connectivity index (χ2v) is 4.22. The normalized spacial score (nSPS) is 19.4. The molecule has 1 atom stereocenters. The highest BCUT2D eigenvalue weighted by Gasteiger charge is 2.19. The molecule has 1 aromatic rings. The Hall–Kier alpha value is -1.54. The molecule has 2 heterocycles. The maximum atomic E-state index is 11.3. The molecule has 1 saturated heterocycles. The van der Waals surface area contributed by atoms with Crippen LogP contribution in [-0.4, -0.2) is 22.3 Å². The van der Waals surface area contributed by atoms with Crippen LogP contribution in [0.1, 0.15) is 12.8 Å². The van der Waals surface area contributed by atoms with E-state index >= 15 is 0 Å². The SMILES string of the molecule is Nc1c(N=O)c(=O)[nH][14c](=S)n1CC1CCCO1. The van der Waals surface area contributed by atoms with Gasteiger partial charge in [-0.05, 0) is 30.2 Å². The summed E-state index contributed by atoms with van der Waals surface area (Å²) in [5.41, 5.74) is 4.70. The zero-order valence-corrected chi connectivity index (χ0v) is 9.83. The zero-order chi connectivity index (χ0) is 12.4. The maximum absolute atomic E-state index is 11.3. The number of H-pyrrole nitrogens is 1. The Morgan fingerprint density at radius 2 is 2.47 bits per heavy atom. The molecule has 0 amide bonds. The smallest absolute Gasteiger partial charge is 0.283 e. The van der Waals surface area contributed by atoms with Crippen molar-refractivity contribution in [3.8, 4) is 0 Å². The Morgan fingerprint density at radius 3 is 3.06 bits per heavy atom. The molecule has 0 spiro atoms. The number of nitrogen functional groups attached to an aromatic ring is 1. The summed E-state index contributed by atoms with van der Waals surface area (Å²) in [4.78, 5) is 24.2. The summed E-state index contributed by atoms with van der Waals surface area (Å²) in [6.07, 6.45) is 1.90. The molecule has 1 aliphatic heterocycles. The molecule has 1 fully saturated rings. The van der Waals surface area contributed by atoms with E-state index in [1.54, 1.807) is 0 Å². The van der Waals surface area contributed by atoms with Crippen molar-refractivity contribution in [2.45, 2.75) is 25.5 Å². The number of rotatable bonds is 3. The van der Waals surface area contributed by atoms with Gasteiger partial charge in [-0.2, -0.15) is 0 Å². The Kier molecular flexibility index (Phi) is 3.34. The van der Waals surface area contributed by atoms with Gasteiger partial charge < -0.3 is 15.0 Å². The van der Waals surface area contributed by atoms with Crippen molar-refractivity contribution in [2.24, 2.45) is 5.18 Å². The quantitative estimate of drug-likeness (QED) is 0.623. The van der Waals surface area contributed by atoms with Gasteiger partial charge in [0.25, 0.3) is 5.56 Å². The minimum absolute atomic E-state index is 0.00871. The van der Waals surface area contributed by atoms with Crippen LogP contribution in [0.25, 0.3) is 0 Å². The van der Waals surface area contributed by atoms with Gasteiger partial charge in [-0.25, -0.2) is 0 Å². The summed E-state index contributed by atoms with van der Waals surface area (Å²) in [5, 5.41) is 2.62. The third-order valence-corrected chi connectivity index (χ3v) is 3.04. The van der Waals surface area contributed by atoms with Crippen molar-refractivity contribution in [2.75, 3.05) is 12.3 Å². The van der Waals surface area contributed by atoms with Gasteiger partial charge in [-0.15, -0.1) is 4.91 Å². The number of hydrogen-bond donors (Lipinski definition) is 2. The fourth-order valence-corrected chi connectivity index (χ4v) is 2.10. The van der Waals surface area contributed by atoms with Gasteiger partial charge in [0.05, 0.1) is 12.6 Å². The maximum Gasteiger partial charge on any atom is 0.283 e. The predicted molar refractivity (Wildman–Crippen MR) is 64.7 cm³/mol. The summed E-state index contributed by atoms with van der Waals surface area (Å²) < 4.78 is 7.10. The first-order valence-electron chi connectivity index (χ1n) is 5.21. The first kappa shape index (κ1) is 11.9.